The van der Waals surface area contributed by atoms with Crippen molar-refractivity contribution < 1.29 is 17.6 Å². The largest absolute Gasteiger partial charge is 0.429 e. The third kappa shape index (κ3) is 2.27. The van der Waals surface area contributed by atoms with Gasteiger partial charge in [-0.2, -0.15) is 13.2 Å². The zero-order chi connectivity index (χ0) is 11.8. The Morgan fingerprint density at radius 1 is 1.44 bits per heavy atom. The second-order valence-corrected chi connectivity index (χ2v) is 3.91. The summed E-state index contributed by atoms with van der Waals surface area (Å²) < 4.78 is 43.2. The molecule has 2 heterocycles. The minimum Gasteiger partial charge on any atom is -0.429 e. The third-order valence-corrected chi connectivity index (χ3v) is 2.67. The maximum absolute atomic E-state index is 12.7. The highest BCUT2D eigenvalue weighted by atomic mass is 35.5. The molecule has 0 amide bonds. The summed E-state index contributed by atoms with van der Waals surface area (Å²) in [6.07, 6.45) is -4.29. The number of halogens is 4. The Balaban J connectivity index is 2.23. The van der Waals surface area contributed by atoms with E-state index in [1.54, 1.807) is 0 Å². The van der Waals surface area contributed by atoms with E-state index < -0.39 is 12.2 Å². The molecule has 3 nitrogen and oxygen atoms in total. The van der Waals surface area contributed by atoms with Crippen LogP contribution in [-0.4, -0.2) is 31.9 Å². The molecule has 7 heteroatoms. The van der Waals surface area contributed by atoms with Gasteiger partial charge >= 0.3 is 6.18 Å². The normalized spacial score (nSPS) is 22.5. The topological polar surface area (TPSA) is 28.4 Å². The number of anilines is 1. The van der Waals surface area contributed by atoms with Crippen molar-refractivity contribution in [1.82, 2.24) is 5.32 Å². The molecule has 0 radical (unpaired) electrons. The molecule has 0 spiro atoms. The van der Waals surface area contributed by atoms with Gasteiger partial charge in [-0.15, -0.1) is 0 Å². The quantitative estimate of drug-likeness (QED) is 0.833. The van der Waals surface area contributed by atoms with Gasteiger partial charge in [-0.1, -0.05) is 0 Å². The Labute approximate surface area is 95.2 Å². The van der Waals surface area contributed by atoms with Crippen LogP contribution in [0.15, 0.2) is 16.5 Å². The molecule has 2 rings (SSSR count). The first-order valence-corrected chi connectivity index (χ1v) is 5.15. The van der Waals surface area contributed by atoms with Crippen LogP contribution >= 0.6 is 11.6 Å². The first-order valence-electron chi connectivity index (χ1n) is 4.78. The number of nitrogens with zero attached hydrogens (tertiary/aromatic N) is 1. The van der Waals surface area contributed by atoms with Gasteiger partial charge in [-0.05, 0) is 17.7 Å². The maximum atomic E-state index is 12.7. The van der Waals surface area contributed by atoms with Crippen molar-refractivity contribution in [3.8, 4) is 0 Å². The molecular formula is C9H10ClF3N2O. The van der Waals surface area contributed by atoms with E-state index in [0.717, 1.165) is 0 Å². The predicted molar refractivity (Wildman–Crippen MR) is 53.8 cm³/mol. The first-order chi connectivity index (χ1) is 7.48. The number of nitrogens with one attached hydrogen (secondary N) is 1. The second kappa shape index (κ2) is 4.18. The number of rotatable bonds is 1. The number of hydrogen-bond acceptors (Lipinski definition) is 3. The monoisotopic (exact) mass is 254 g/mol. The summed E-state index contributed by atoms with van der Waals surface area (Å²) in [6.45, 7) is 0.598. The van der Waals surface area contributed by atoms with E-state index in [1.165, 1.54) is 17.0 Å². The molecule has 1 N–H and O–H groups in total. The highest BCUT2D eigenvalue weighted by Gasteiger charge is 2.45. The molecular weight excluding hydrogens is 245 g/mol. The number of furan rings is 1. The van der Waals surface area contributed by atoms with Crippen molar-refractivity contribution in [3.05, 3.63) is 17.4 Å². The summed E-state index contributed by atoms with van der Waals surface area (Å²) in [5.74, 6) is 0.161. The zero-order valence-electron chi connectivity index (χ0n) is 8.22. The van der Waals surface area contributed by atoms with Gasteiger partial charge in [0, 0.05) is 25.7 Å². The fourth-order valence-electron chi connectivity index (χ4n) is 1.72. The van der Waals surface area contributed by atoms with E-state index in [2.05, 4.69) is 5.32 Å². The van der Waals surface area contributed by atoms with Gasteiger partial charge < -0.3 is 14.6 Å². The van der Waals surface area contributed by atoms with E-state index >= 15 is 0 Å². The van der Waals surface area contributed by atoms with Crippen molar-refractivity contribution in [1.29, 1.82) is 0 Å². The molecule has 0 aliphatic carbocycles. The Kier molecular flexibility index (Phi) is 3.03. The first kappa shape index (κ1) is 11.6. The predicted octanol–water partition coefficient (Wildman–Crippen LogP) is 2.27. The summed E-state index contributed by atoms with van der Waals surface area (Å²) in [7, 11) is 0. The molecule has 16 heavy (non-hydrogen) atoms. The Morgan fingerprint density at radius 2 is 2.19 bits per heavy atom. The molecule has 0 aromatic carbocycles. The molecule has 90 valence electrons. The highest BCUT2D eigenvalue weighted by Crippen LogP contribution is 2.31. The van der Waals surface area contributed by atoms with Gasteiger partial charge in [0.2, 0.25) is 0 Å². The second-order valence-electron chi connectivity index (χ2n) is 3.53. The molecule has 1 aromatic rings. The third-order valence-electron chi connectivity index (χ3n) is 2.46. The van der Waals surface area contributed by atoms with E-state index in [4.69, 9.17) is 16.0 Å². The molecule has 1 unspecified atom stereocenters. The van der Waals surface area contributed by atoms with Crippen molar-refractivity contribution in [2.75, 3.05) is 24.5 Å². The van der Waals surface area contributed by atoms with E-state index in [9.17, 15) is 13.2 Å². The smallest absolute Gasteiger partial charge is 0.410 e. The van der Waals surface area contributed by atoms with Gasteiger partial charge in [0.25, 0.3) is 0 Å². The zero-order valence-corrected chi connectivity index (χ0v) is 8.98. The van der Waals surface area contributed by atoms with Crippen LogP contribution in [0.3, 0.4) is 0 Å². The molecule has 1 fully saturated rings. The van der Waals surface area contributed by atoms with Gasteiger partial charge in [-0.3, -0.25) is 0 Å². The lowest BCUT2D eigenvalue weighted by atomic mass is 10.2. The van der Waals surface area contributed by atoms with Gasteiger partial charge in [0.1, 0.15) is 6.04 Å². The number of hydrogen-bond donors (Lipinski definition) is 1. The Hall–Kier alpha value is -0.880. The SMILES string of the molecule is FC(F)(F)C1CNCCN1c1ccc(Cl)o1. The van der Waals surface area contributed by atoms with Crippen LogP contribution in [0, 0.1) is 0 Å². The van der Waals surface area contributed by atoms with Gasteiger partial charge in [0.05, 0.1) is 0 Å². The van der Waals surface area contributed by atoms with Crippen molar-refractivity contribution in [2.24, 2.45) is 0 Å². The summed E-state index contributed by atoms with van der Waals surface area (Å²) in [5, 5.41) is 2.80. The molecule has 1 aliphatic rings. The summed E-state index contributed by atoms with van der Waals surface area (Å²) in [5.41, 5.74) is 0. The fourth-order valence-corrected chi connectivity index (χ4v) is 1.86. The lowest BCUT2D eigenvalue weighted by Gasteiger charge is -2.36. The standard InChI is InChI=1S/C9H10ClF3N2O/c10-7-1-2-8(16-7)15-4-3-14-5-6(15)9(11,12)13/h1-2,6,14H,3-5H2. The maximum Gasteiger partial charge on any atom is 0.410 e. The summed E-state index contributed by atoms with van der Waals surface area (Å²) in [6, 6.07) is 1.32. The van der Waals surface area contributed by atoms with Crippen molar-refractivity contribution in [3.63, 3.8) is 0 Å². The van der Waals surface area contributed by atoms with Crippen LogP contribution in [0.5, 0.6) is 0 Å². The Bertz CT molecular complexity index is 366. The van der Waals surface area contributed by atoms with Crippen molar-refractivity contribution in [2.45, 2.75) is 12.2 Å². The fraction of sp³-hybridized carbons (Fsp3) is 0.556. The summed E-state index contributed by atoms with van der Waals surface area (Å²) >= 11 is 5.55. The van der Waals surface area contributed by atoms with Crippen LogP contribution in [0.1, 0.15) is 0 Å². The van der Waals surface area contributed by atoms with Crippen LogP contribution in [0.4, 0.5) is 19.1 Å². The lowest BCUT2D eigenvalue weighted by molar-refractivity contribution is -0.150. The minimum absolute atomic E-state index is 0.0921. The van der Waals surface area contributed by atoms with E-state index in [-0.39, 0.29) is 24.2 Å². The molecule has 1 atom stereocenters. The minimum atomic E-state index is -4.29. The highest BCUT2D eigenvalue weighted by molar-refractivity contribution is 6.28. The number of piperazine rings is 1. The van der Waals surface area contributed by atoms with Gasteiger partial charge in [0.15, 0.2) is 11.1 Å². The van der Waals surface area contributed by atoms with Gasteiger partial charge in [-0.25, -0.2) is 0 Å². The number of alkyl halides is 3. The van der Waals surface area contributed by atoms with E-state index in [1.807, 2.05) is 0 Å². The van der Waals surface area contributed by atoms with Crippen molar-refractivity contribution >= 4 is 17.5 Å². The summed E-state index contributed by atoms with van der Waals surface area (Å²) in [4.78, 5) is 1.18. The van der Waals surface area contributed by atoms with E-state index in [0.29, 0.717) is 6.54 Å². The molecule has 1 aliphatic heterocycles. The Morgan fingerprint density at radius 3 is 2.75 bits per heavy atom. The molecule has 0 saturated carbocycles. The average Bonchev–Trinajstić information content (AvgIpc) is 2.64. The van der Waals surface area contributed by atoms with Crippen LogP contribution < -0.4 is 10.2 Å². The molecule has 1 saturated heterocycles. The van der Waals surface area contributed by atoms with Crippen LogP contribution in [0.25, 0.3) is 0 Å². The van der Waals surface area contributed by atoms with Crippen LogP contribution in [0.2, 0.25) is 5.22 Å². The van der Waals surface area contributed by atoms with Crippen LogP contribution in [-0.2, 0) is 0 Å². The average molecular weight is 255 g/mol. The lowest BCUT2D eigenvalue weighted by Crippen LogP contribution is -2.57. The molecule has 1 aromatic heterocycles. The molecule has 0 bridgehead atoms.